The Morgan fingerprint density at radius 1 is 1.07 bits per heavy atom. The van der Waals surface area contributed by atoms with Crippen molar-refractivity contribution in [3.05, 3.63) is 47.7 Å². The summed E-state index contributed by atoms with van der Waals surface area (Å²) in [7, 11) is 0. The monoisotopic (exact) mass is 380 g/mol. The van der Waals surface area contributed by atoms with Crippen molar-refractivity contribution >= 4 is 17.5 Å². The zero-order valence-electron chi connectivity index (χ0n) is 16.2. The Labute approximate surface area is 164 Å². The fourth-order valence-electron chi connectivity index (χ4n) is 3.75. The number of likely N-dealkylation sites (tertiary alicyclic amines) is 1. The maximum absolute atomic E-state index is 12.9. The van der Waals surface area contributed by atoms with E-state index in [-0.39, 0.29) is 30.3 Å². The molecule has 0 N–H and O–H groups in total. The van der Waals surface area contributed by atoms with Crippen LogP contribution in [0.3, 0.4) is 0 Å². The molecule has 28 heavy (non-hydrogen) atoms. The van der Waals surface area contributed by atoms with Gasteiger partial charge in [0.05, 0.1) is 18.2 Å². The van der Waals surface area contributed by atoms with Crippen LogP contribution in [-0.2, 0) is 9.59 Å². The summed E-state index contributed by atoms with van der Waals surface area (Å²) in [6, 6.07) is 11.5. The molecular weight excluding hydrogens is 356 g/mol. The molecule has 2 fully saturated rings. The van der Waals surface area contributed by atoms with Crippen LogP contribution in [0, 0.1) is 19.8 Å². The first-order chi connectivity index (χ1) is 13.5. The Morgan fingerprint density at radius 3 is 2.57 bits per heavy atom. The van der Waals surface area contributed by atoms with Crippen molar-refractivity contribution in [2.45, 2.75) is 32.8 Å². The molecule has 146 valence electrons. The highest BCUT2D eigenvalue weighted by molar-refractivity contribution is 6.00. The van der Waals surface area contributed by atoms with E-state index in [0.29, 0.717) is 25.5 Å². The summed E-state index contributed by atoms with van der Waals surface area (Å²) < 4.78 is 5.85. The van der Waals surface area contributed by atoms with Gasteiger partial charge in [-0.3, -0.25) is 9.59 Å². The lowest BCUT2D eigenvalue weighted by Gasteiger charge is -2.21. The van der Waals surface area contributed by atoms with E-state index < -0.39 is 0 Å². The van der Waals surface area contributed by atoms with Gasteiger partial charge in [0, 0.05) is 37.7 Å². The van der Waals surface area contributed by atoms with Crippen molar-refractivity contribution < 1.29 is 14.3 Å². The molecule has 7 nitrogen and oxygen atoms in total. The van der Waals surface area contributed by atoms with Gasteiger partial charge in [-0.15, -0.1) is 5.10 Å². The zero-order chi connectivity index (χ0) is 19.7. The summed E-state index contributed by atoms with van der Waals surface area (Å²) >= 11 is 0. The van der Waals surface area contributed by atoms with Crippen molar-refractivity contribution in [1.82, 2.24) is 15.1 Å². The number of carbonyl (C=O) groups is 2. The number of anilines is 1. The number of hydrogen-bond acceptors (Lipinski definition) is 5. The third kappa shape index (κ3) is 3.83. The smallest absolute Gasteiger partial charge is 0.233 e. The number of benzene rings is 1. The molecule has 2 atom stereocenters. The van der Waals surface area contributed by atoms with Gasteiger partial charge in [-0.1, -0.05) is 17.7 Å². The van der Waals surface area contributed by atoms with Crippen molar-refractivity contribution in [1.29, 1.82) is 0 Å². The summed E-state index contributed by atoms with van der Waals surface area (Å²) in [6.07, 6.45) is 0.924. The van der Waals surface area contributed by atoms with Crippen LogP contribution in [-0.4, -0.2) is 52.6 Å². The Kier molecular flexibility index (Phi) is 4.98. The fraction of sp³-hybridized carbons (Fsp3) is 0.429. The van der Waals surface area contributed by atoms with E-state index >= 15 is 0 Å². The van der Waals surface area contributed by atoms with E-state index in [1.165, 1.54) is 0 Å². The molecule has 1 aromatic heterocycles. The molecule has 0 bridgehead atoms. The maximum Gasteiger partial charge on any atom is 0.233 e. The molecule has 7 heteroatoms. The number of nitrogens with zero attached hydrogens (tertiary/aromatic N) is 4. The van der Waals surface area contributed by atoms with Crippen molar-refractivity contribution in [3.63, 3.8) is 0 Å². The molecule has 3 heterocycles. The molecule has 4 rings (SSSR count). The predicted octanol–water partition coefficient (Wildman–Crippen LogP) is 2.13. The minimum Gasteiger partial charge on any atom is -0.471 e. The number of rotatable bonds is 4. The Hall–Kier alpha value is -2.96. The molecule has 2 aliphatic rings. The highest BCUT2D eigenvalue weighted by Gasteiger charge is 2.39. The summed E-state index contributed by atoms with van der Waals surface area (Å²) in [5.74, 6) is 0.214. The van der Waals surface area contributed by atoms with E-state index in [0.717, 1.165) is 23.4 Å². The molecule has 2 aromatic rings. The Morgan fingerprint density at radius 2 is 1.86 bits per heavy atom. The quantitative estimate of drug-likeness (QED) is 0.812. The third-order valence-electron chi connectivity index (χ3n) is 5.34. The van der Waals surface area contributed by atoms with Gasteiger partial charge < -0.3 is 14.5 Å². The molecule has 0 saturated carbocycles. The second kappa shape index (κ2) is 7.58. The van der Waals surface area contributed by atoms with Crippen molar-refractivity contribution in [2.75, 3.05) is 24.5 Å². The molecule has 1 aromatic carbocycles. The minimum atomic E-state index is -0.299. The van der Waals surface area contributed by atoms with Gasteiger partial charge in [0.25, 0.3) is 0 Å². The molecule has 2 amide bonds. The van der Waals surface area contributed by atoms with Crippen LogP contribution >= 0.6 is 0 Å². The first kappa shape index (κ1) is 18.4. The average molecular weight is 380 g/mol. The van der Waals surface area contributed by atoms with Gasteiger partial charge in [0.15, 0.2) is 0 Å². The minimum absolute atomic E-state index is 0.00382. The number of carbonyl (C=O) groups excluding carboxylic acids is 2. The number of hydrogen-bond donors (Lipinski definition) is 0. The number of aromatic nitrogens is 2. The summed E-state index contributed by atoms with van der Waals surface area (Å²) in [5, 5.41) is 8.01. The first-order valence-electron chi connectivity index (χ1n) is 9.62. The van der Waals surface area contributed by atoms with Crippen LogP contribution in [0.2, 0.25) is 0 Å². The molecule has 2 aliphatic heterocycles. The van der Waals surface area contributed by atoms with Gasteiger partial charge in [0.1, 0.15) is 6.10 Å². The second-order valence-corrected chi connectivity index (χ2v) is 7.57. The topological polar surface area (TPSA) is 75.6 Å². The van der Waals surface area contributed by atoms with Gasteiger partial charge in [0.2, 0.25) is 17.7 Å². The fourth-order valence-corrected chi connectivity index (χ4v) is 3.75. The Bertz CT molecular complexity index is 866. The van der Waals surface area contributed by atoms with Crippen LogP contribution in [0.1, 0.15) is 24.1 Å². The van der Waals surface area contributed by atoms with E-state index in [1.807, 2.05) is 49.1 Å². The number of amides is 2. The van der Waals surface area contributed by atoms with Crippen LogP contribution in [0.4, 0.5) is 5.69 Å². The zero-order valence-corrected chi connectivity index (χ0v) is 16.2. The largest absolute Gasteiger partial charge is 0.471 e. The van der Waals surface area contributed by atoms with Gasteiger partial charge >= 0.3 is 0 Å². The average Bonchev–Trinajstić information content (AvgIpc) is 3.31. The molecule has 0 spiro atoms. The highest BCUT2D eigenvalue weighted by atomic mass is 16.5. The predicted molar refractivity (Wildman–Crippen MR) is 104 cm³/mol. The van der Waals surface area contributed by atoms with E-state index in [1.54, 1.807) is 11.0 Å². The lowest BCUT2D eigenvalue weighted by Crippen LogP contribution is -2.37. The van der Waals surface area contributed by atoms with Crippen molar-refractivity contribution in [2.24, 2.45) is 5.92 Å². The lowest BCUT2D eigenvalue weighted by atomic mass is 10.1. The highest BCUT2D eigenvalue weighted by Crippen LogP contribution is 2.28. The Balaban J connectivity index is 1.35. The normalized spacial score (nSPS) is 22.0. The van der Waals surface area contributed by atoms with E-state index in [2.05, 4.69) is 10.2 Å². The standard InChI is InChI=1S/C21H24N4O3/c1-14-3-6-17(7-4-14)25-12-16(11-20(25)26)21(27)24-10-9-18(13-24)28-19-8-5-15(2)22-23-19/h3-8,16,18H,9-13H2,1-2H3. The molecular formula is C21H24N4O3. The summed E-state index contributed by atoms with van der Waals surface area (Å²) in [6.45, 7) is 5.47. The van der Waals surface area contributed by atoms with Gasteiger partial charge in [-0.25, -0.2) is 0 Å². The lowest BCUT2D eigenvalue weighted by molar-refractivity contribution is -0.135. The molecule has 2 unspecified atom stereocenters. The van der Waals surface area contributed by atoms with E-state index in [9.17, 15) is 9.59 Å². The van der Waals surface area contributed by atoms with Crippen LogP contribution in [0.25, 0.3) is 0 Å². The van der Waals surface area contributed by atoms with Gasteiger partial charge in [-0.05, 0) is 32.0 Å². The summed E-state index contributed by atoms with van der Waals surface area (Å²) in [4.78, 5) is 28.9. The van der Waals surface area contributed by atoms with Crippen LogP contribution in [0.15, 0.2) is 36.4 Å². The van der Waals surface area contributed by atoms with E-state index in [4.69, 9.17) is 4.74 Å². The summed E-state index contributed by atoms with van der Waals surface area (Å²) in [5.41, 5.74) is 2.83. The van der Waals surface area contributed by atoms with Crippen molar-refractivity contribution in [3.8, 4) is 5.88 Å². The molecule has 0 aliphatic carbocycles. The van der Waals surface area contributed by atoms with Crippen LogP contribution < -0.4 is 9.64 Å². The van der Waals surface area contributed by atoms with Gasteiger partial charge in [-0.2, -0.15) is 5.10 Å². The molecule has 2 saturated heterocycles. The third-order valence-corrected chi connectivity index (χ3v) is 5.34. The second-order valence-electron chi connectivity index (χ2n) is 7.57. The first-order valence-corrected chi connectivity index (χ1v) is 9.62. The number of ether oxygens (including phenoxy) is 1. The molecule has 0 radical (unpaired) electrons. The van der Waals surface area contributed by atoms with Crippen LogP contribution in [0.5, 0.6) is 5.88 Å². The SMILES string of the molecule is Cc1ccc(N2CC(C(=O)N3CCC(Oc4ccc(C)nn4)C3)CC2=O)cc1. The number of aryl methyl sites for hydroxylation is 2. The maximum atomic E-state index is 12.9.